The molecule has 0 aromatic heterocycles. The standard InChI is InChI=1S/C21H27O4P/c1-5-21(6-2,26-19-13-8-7-10-16(19)14-22)17-11-9-12-18(24-4)20(17)25-15-23-3/h7-14,26H,5-6,15H2,1-4H3. The van der Waals surface area contributed by atoms with Gasteiger partial charge in [-0.05, 0) is 24.2 Å². The molecular weight excluding hydrogens is 347 g/mol. The van der Waals surface area contributed by atoms with E-state index < -0.39 is 0 Å². The highest BCUT2D eigenvalue weighted by Gasteiger charge is 2.34. The van der Waals surface area contributed by atoms with Crippen LogP contribution in [0.15, 0.2) is 42.5 Å². The number of benzene rings is 2. The molecule has 26 heavy (non-hydrogen) atoms. The highest BCUT2D eigenvalue weighted by atomic mass is 31.1. The molecule has 1 unspecified atom stereocenters. The first kappa shape index (κ1) is 20.4. The van der Waals surface area contributed by atoms with Crippen LogP contribution in [0.25, 0.3) is 0 Å². The fraction of sp³-hybridized carbons (Fsp3) is 0.381. The Balaban J connectivity index is 2.56. The van der Waals surface area contributed by atoms with Crippen molar-refractivity contribution in [2.75, 3.05) is 21.0 Å². The lowest BCUT2D eigenvalue weighted by Gasteiger charge is -2.34. The van der Waals surface area contributed by atoms with Crippen molar-refractivity contribution in [2.24, 2.45) is 0 Å². The summed E-state index contributed by atoms with van der Waals surface area (Å²) in [4.78, 5) is 11.5. The quantitative estimate of drug-likeness (QED) is 0.349. The molecular formula is C21H27O4P. The second kappa shape index (κ2) is 9.70. The molecule has 0 spiro atoms. The van der Waals surface area contributed by atoms with Crippen molar-refractivity contribution in [2.45, 2.75) is 31.8 Å². The highest BCUT2D eigenvalue weighted by Crippen LogP contribution is 2.52. The fourth-order valence-electron chi connectivity index (χ4n) is 3.17. The van der Waals surface area contributed by atoms with Gasteiger partial charge in [0.1, 0.15) is 0 Å². The number of carbonyl (C=O) groups is 1. The van der Waals surface area contributed by atoms with Gasteiger partial charge in [-0.1, -0.05) is 58.8 Å². The van der Waals surface area contributed by atoms with Crippen LogP contribution >= 0.6 is 8.58 Å². The molecule has 0 amide bonds. The summed E-state index contributed by atoms with van der Waals surface area (Å²) in [6.07, 6.45) is 2.78. The molecule has 2 aromatic rings. The molecule has 0 aliphatic carbocycles. The highest BCUT2D eigenvalue weighted by molar-refractivity contribution is 7.48. The Morgan fingerprint density at radius 3 is 2.38 bits per heavy atom. The van der Waals surface area contributed by atoms with Gasteiger partial charge in [-0.3, -0.25) is 4.79 Å². The predicted molar refractivity (Wildman–Crippen MR) is 108 cm³/mol. The lowest BCUT2D eigenvalue weighted by atomic mass is 9.91. The smallest absolute Gasteiger partial charge is 0.188 e. The second-order valence-electron chi connectivity index (χ2n) is 6.01. The van der Waals surface area contributed by atoms with Gasteiger partial charge in [0.15, 0.2) is 24.6 Å². The minimum atomic E-state index is -0.142. The molecule has 0 saturated carbocycles. The average Bonchev–Trinajstić information content (AvgIpc) is 2.70. The molecule has 0 N–H and O–H groups in total. The number of para-hydroxylation sites is 1. The van der Waals surface area contributed by atoms with E-state index in [0.717, 1.165) is 41.3 Å². The summed E-state index contributed by atoms with van der Waals surface area (Å²) in [6, 6.07) is 13.8. The summed E-state index contributed by atoms with van der Waals surface area (Å²) in [5, 5.41) is 0.934. The Labute approximate surface area is 157 Å². The van der Waals surface area contributed by atoms with E-state index in [2.05, 4.69) is 19.9 Å². The molecule has 0 bridgehead atoms. The van der Waals surface area contributed by atoms with Gasteiger partial charge in [0.05, 0.1) is 7.11 Å². The maximum absolute atomic E-state index is 11.5. The number of rotatable bonds is 10. The van der Waals surface area contributed by atoms with Crippen molar-refractivity contribution in [3.8, 4) is 11.5 Å². The monoisotopic (exact) mass is 374 g/mol. The molecule has 0 radical (unpaired) electrons. The van der Waals surface area contributed by atoms with Gasteiger partial charge >= 0.3 is 0 Å². The van der Waals surface area contributed by atoms with E-state index >= 15 is 0 Å². The third-order valence-corrected chi connectivity index (χ3v) is 6.88. The Bertz CT molecular complexity index is 726. The molecule has 0 aliphatic heterocycles. The van der Waals surface area contributed by atoms with E-state index in [1.54, 1.807) is 14.2 Å². The first-order chi connectivity index (χ1) is 12.7. The lowest BCUT2D eigenvalue weighted by molar-refractivity contribution is 0.0479. The van der Waals surface area contributed by atoms with Gasteiger partial charge in [0.2, 0.25) is 0 Å². The zero-order chi connectivity index (χ0) is 19.0. The van der Waals surface area contributed by atoms with E-state index in [1.807, 2.05) is 36.4 Å². The zero-order valence-corrected chi connectivity index (χ0v) is 16.9. The summed E-state index contributed by atoms with van der Waals surface area (Å²) in [5.74, 6) is 1.41. The van der Waals surface area contributed by atoms with Crippen LogP contribution in [0.2, 0.25) is 0 Å². The van der Waals surface area contributed by atoms with Crippen LogP contribution in [0.5, 0.6) is 11.5 Å². The SMILES string of the molecule is CCC(CC)(Pc1ccccc1C=O)c1cccc(OC)c1OCOC. The number of hydrogen-bond acceptors (Lipinski definition) is 4. The van der Waals surface area contributed by atoms with Crippen molar-refractivity contribution in [3.63, 3.8) is 0 Å². The number of carbonyl (C=O) groups excluding carboxylic acids is 1. The summed E-state index contributed by atoms with van der Waals surface area (Å²) in [7, 11) is 3.68. The minimum Gasteiger partial charge on any atom is -0.493 e. The normalized spacial score (nSPS) is 11.7. The Hall–Kier alpha value is -1.90. The van der Waals surface area contributed by atoms with E-state index in [-0.39, 0.29) is 11.9 Å². The molecule has 140 valence electrons. The van der Waals surface area contributed by atoms with E-state index in [4.69, 9.17) is 14.2 Å². The summed E-state index contributed by atoms with van der Waals surface area (Å²) in [5.41, 5.74) is 1.84. The Kier molecular flexibility index (Phi) is 7.62. The van der Waals surface area contributed by atoms with E-state index in [9.17, 15) is 4.79 Å². The fourth-order valence-corrected chi connectivity index (χ4v) is 4.83. The molecule has 2 rings (SSSR count). The minimum absolute atomic E-state index is 0.142. The van der Waals surface area contributed by atoms with Gasteiger partial charge in [-0.2, -0.15) is 0 Å². The van der Waals surface area contributed by atoms with Gasteiger partial charge in [-0.15, -0.1) is 0 Å². The molecule has 2 aromatic carbocycles. The van der Waals surface area contributed by atoms with Gasteiger partial charge in [0.25, 0.3) is 0 Å². The lowest BCUT2D eigenvalue weighted by Crippen LogP contribution is -2.24. The van der Waals surface area contributed by atoms with Gasteiger partial charge in [-0.25, -0.2) is 0 Å². The zero-order valence-electron chi connectivity index (χ0n) is 15.9. The van der Waals surface area contributed by atoms with Crippen LogP contribution in [0.3, 0.4) is 0 Å². The second-order valence-corrected chi connectivity index (χ2v) is 7.75. The first-order valence-corrected chi connectivity index (χ1v) is 9.77. The van der Waals surface area contributed by atoms with E-state index in [0.29, 0.717) is 14.3 Å². The molecule has 0 heterocycles. The predicted octanol–water partition coefficient (Wildman–Crippen LogP) is 4.51. The molecule has 5 heteroatoms. The molecule has 0 saturated heterocycles. The van der Waals surface area contributed by atoms with E-state index in [1.165, 1.54) is 0 Å². The third kappa shape index (κ3) is 4.25. The van der Waals surface area contributed by atoms with Crippen LogP contribution in [0.4, 0.5) is 0 Å². The van der Waals surface area contributed by atoms with Crippen molar-refractivity contribution >= 4 is 20.2 Å². The maximum atomic E-state index is 11.5. The summed E-state index contributed by atoms with van der Waals surface area (Å²) < 4.78 is 16.5. The van der Waals surface area contributed by atoms with Crippen LogP contribution in [-0.4, -0.2) is 27.3 Å². The summed E-state index contributed by atoms with van der Waals surface area (Å²) in [6.45, 7) is 4.52. The number of aldehydes is 1. The number of ether oxygens (including phenoxy) is 3. The Morgan fingerprint density at radius 2 is 1.77 bits per heavy atom. The van der Waals surface area contributed by atoms with Crippen molar-refractivity contribution in [1.29, 1.82) is 0 Å². The van der Waals surface area contributed by atoms with Crippen molar-refractivity contribution < 1.29 is 19.0 Å². The van der Waals surface area contributed by atoms with Crippen LogP contribution in [0, 0.1) is 0 Å². The van der Waals surface area contributed by atoms with Gasteiger partial charge < -0.3 is 14.2 Å². The van der Waals surface area contributed by atoms with Crippen molar-refractivity contribution in [3.05, 3.63) is 53.6 Å². The molecule has 4 nitrogen and oxygen atoms in total. The molecule has 1 atom stereocenters. The number of methoxy groups -OCH3 is 2. The average molecular weight is 374 g/mol. The number of hydrogen-bond donors (Lipinski definition) is 0. The van der Waals surface area contributed by atoms with Crippen LogP contribution in [0.1, 0.15) is 42.6 Å². The molecule has 0 aliphatic rings. The maximum Gasteiger partial charge on any atom is 0.188 e. The molecule has 0 fully saturated rings. The first-order valence-electron chi connectivity index (χ1n) is 8.77. The van der Waals surface area contributed by atoms with Gasteiger partial charge in [0, 0.05) is 23.4 Å². The largest absolute Gasteiger partial charge is 0.493 e. The topological polar surface area (TPSA) is 44.8 Å². The van der Waals surface area contributed by atoms with Crippen LogP contribution in [-0.2, 0) is 9.89 Å². The van der Waals surface area contributed by atoms with Crippen LogP contribution < -0.4 is 14.8 Å². The summed E-state index contributed by atoms with van der Waals surface area (Å²) >= 11 is 0. The Morgan fingerprint density at radius 1 is 1.04 bits per heavy atom. The van der Waals surface area contributed by atoms with Crippen molar-refractivity contribution in [1.82, 2.24) is 0 Å². The third-order valence-electron chi connectivity index (χ3n) is 4.70.